The van der Waals surface area contributed by atoms with Crippen molar-refractivity contribution in [3.05, 3.63) is 58.1 Å². The van der Waals surface area contributed by atoms with Crippen molar-refractivity contribution in [2.75, 3.05) is 4.72 Å². The highest BCUT2D eigenvalue weighted by Crippen LogP contribution is 2.27. The SMILES string of the molecule is CCC(C)NC(=O)c1ccc(Cl)c(S(=O)(=O)Nc2cc(C)ccc2C)c1. The molecule has 140 valence electrons. The highest BCUT2D eigenvalue weighted by atomic mass is 35.5. The molecule has 2 rings (SSSR count). The number of carbonyl (C=O) groups excluding carboxylic acids is 1. The van der Waals surface area contributed by atoms with Crippen molar-refractivity contribution >= 4 is 33.2 Å². The smallest absolute Gasteiger partial charge is 0.263 e. The Hall–Kier alpha value is -2.05. The first kappa shape index (κ1) is 20.3. The highest BCUT2D eigenvalue weighted by Gasteiger charge is 2.21. The standard InChI is InChI=1S/C19H23ClN2O3S/c1-5-14(4)21-19(23)15-8-9-16(20)18(11-15)26(24,25)22-17-10-12(2)6-7-13(17)3/h6-11,14,22H,5H2,1-4H3,(H,21,23). The summed E-state index contributed by atoms with van der Waals surface area (Å²) in [6.45, 7) is 7.53. The molecule has 0 fully saturated rings. The van der Waals surface area contributed by atoms with Gasteiger partial charge in [-0.25, -0.2) is 8.42 Å². The fourth-order valence-corrected chi connectivity index (χ4v) is 3.95. The minimum absolute atomic E-state index is 0.00805. The molecule has 1 amide bonds. The van der Waals surface area contributed by atoms with Gasteiger partial charge < -0.3 is 5.32 Å². The van der Waals surface area contributed by atoms with Gasteiger partial charge in [-0.2, -0.15) is 0 Å². The number of aryl methyl sites for hydroxylation is 2. The van der Waals surface area contributed by atoms with Crippen molar-refractivity contribution in [1.82, 2.24) is 5.32 Å². The van der Waals surface area contributed by atoms with E-state index >= 15 is 0 Å². The van der Waals surface area contributed by atoms with Gasteiger partial charge >= 0.3 is 0 Å². The number of hydrogen-bond acceptors (Lipinski definition) is 3. The molecule has 1 unspecified atom stereocenters. The van der Waals surface area contributed by atoms with Gasteiger partial charge in [0.15, 0.2) is 0 Å². The zero-order chi connectivity index (χ0) is 19.5. The third-order valence-corrected chi connectivity index (χ3v) is 5.96. The summed E-state index contributed by atoms with van der Waals surface area (Å²) in [6.07, 6.45) is 0.776. The largest absolute Gasteiger partial charge is 0.350 e. The average molecular weight is 395 g/mol. The maximum atomic E-state index is 12.8. The van der Waals surface area contributed by atoms with Gasteiger partial charge in [-0.05, 0) is 62.6 Å². The van der Waals surface area contributed by atoms with Gasteiger partial charge in [-0.1, -0.05) is 30.7 Å². The number of amides is 1. The number of rotatable bonds is 6. The normalized spacial score (nSPS) is 12.5. The molecule has 0 aliphatic heterocycles. The first-order valence-corrected chi connectivity index (χ1v) is 10.2. The van der Waals surface area contributed by atoms with Crippen LogP contribution in [0.5, 0.6) is 0 Å². The van der Waals surface area contributed by atoms with Crippen LogP contribution in [0.4, 0.5) is 5.69 Å². The van der Waals surface area contributed by atoms with Crippen molar-refractivity contribution < 1.29 is 13.2 Å². The second kappa shape index (κ2) is 8.10. The molecule has 0 heterocycles. The van der Waals surface area contributed by atoms with Crippen molar-refractivity contribution in [2.24, 2.45) is 0 Å². The van der Waals surface area contributed by atoms with E-state index in [9.17, 15) is 13.2 Å². The van der Waals surface area contributed by atoms with Gasteiger partial charge in [0, 0.05) is 11.6 Å². The Kier molecular flexibility index (Phi) is 6.31. The van der Waals surface area contributed by atoms with Crippen molar-refractivity contribution in [2.45, 2.75) is 45.1 Å². The second-order valence-electron chi connectivity index (χ2n) is 6.35. The van der Waals surface area contributed by atoms with E-state index < -0.39 is 10.0 Å². The van der Waals surface area contributed by atoms with Crippen LogP contribution in [0, 0.1) is 13.8 Å². The van der Waals surface area contributed by atoms with Crippen LogP contribution >= 0.6 is 11.6 Å². The summed E-state index contributed by atoms with van der Waals surface area (Å²) in [5.41, 5.74) is 2.45. The molecule has 1 atom stereocenters. The molecule has 26 heavy (non-hydrogen) atoms. The Morgan fingerprint density at radius 2 is 1.85 bits per heavy atom. The summed E-state index contributed by atoms with van der Waals surface area (Å²) < 4.78 is 28.2. The van der Waals surface area contributed by atoms with Gasteiger partial charge in [0.25, 0.3) is 15.9 Å². The van der Waals surface area contributed by atoms with E-state index in [2.05, 4.69) is 10.0 Å². The first-order valence-electron chi connectivity index (χ1n) is 8.34. The van der Waals surface area contributed by atoms with Gasteiger partial charge in [-0.15, -0.1) is 0 Å². The molecule has 7 heteroatoms. The van der Waals surface area contributed by atoms with E-state index in [0.717, 1.165) is 17.5 Å². The number of anilines is 1. The summed E-state index contributed by atoms with van der Waals surface area (Å²) in [7, 11) is -3.94. The van der Waals surface area contributed by atoms with Crippen LogP contribution in [0.3, 0.4) is 0 Å². The maximum Gasteiger partial charge on any atom is 0.263 e. The fraction of sp³-hybridized carbons (Fsp3) is 0.316. The summed E-state index contributed by atoms with van der Waals surface area (Å²) in [5, 5.41) is 2.87. The summed E-state index contributed by atoms with van der Waals surface area (Å²) in [6, 6.07) is 9.71. The number of benzene rings is 2. The number of halogens is 1. The van der Waals surface area contributed by atoms with Crippen LogP contribution < -0.4 is 10.0 Å². The van der Waals surface area contributed by atoms with E-state index in [1.54, 1.807) is 6.07 Å². The van der Waals surface area contributed by atoms with Crippen LogP contribution in [-0.4, -0.2) is 20.4 Å². The lowest BCUT2D eigenvalue weighted by Crippen LogP contribution is -2.32. The number of hydrogen-bond donors (Lipinski definition) is 2. The zero-order valence-corrected chi connectivity index (χ0v) is 16.8. The van der Waals surface area contributed by atoms with Crippen LogP contribution in [0.25, 0.3) is 0 Å². The Bertz CT molecular complexity index is 926. The van der Waals surface area contributed by atoms with E-state index in [4.69, 9.17) is 11.6 Å². The topological polar surface area (TPSA) is 75.3 Å². The molecule has 0 saturated carbocycles. The monoisotopic (exact) mass is 394 g/mol. The van der Waals surface area contributed by atoms with Gasteiger partial charge in [-0.3, -0.25) is 9.52 Å². The third-order valence-electron chi connectivity index (χ3n) is 4.11. The first-order chi connectivity index (χ1) is 12.1. The van der Waals surface area contributed by atoms with Gasteiger partial charge in [0.2, 0.25) is 0 Å². The lowest BCUT2D eigenvalue weighted by Gasteiger charge is -2.14. The maximum absolute atomic E-state index is 12.8. The van der Waals surface area contributed by atoms with Crippen LogP contribution in [0.15, 0.2) is 41.3 Å². The Morgan fingerprint density at radius 3 is 2.50 bits per heavy atom. The lowest BCUT2D eigenvalue weighted by atomic mass is 10.1. The van der Waals surface area contributed by atoms with E-state index in [-0.39, 0.29) is 27.4 Å². The molecule has 2 aromatic carbocycles. The van der Waals surface area contributed by atoms with Gasteiger partial charge in [0.1, 0.15) is 4.90 Å². The second-order valence-corrected chi connectivity index (χ2v) is 8.41. The van der Waals surface area contributed by atoms with Gasteiger partial charge in [0.05, 0.1) is 10.7 Å². The Morgan fingerprint density at radius 1 is 1.15 bits per heavy atom. The van der Waals surface area contributed by atoms with E-state index in [1.807, 2.05) is 39.8 Å². The molecule has 0 radical (unpaired) electrons. The van der Waals surface area contributed by atoms with Crippen molar-refractivity contribution in [3.63, 3.8) is 0 Å². The number of carbonyl (C=O) groups is 1. The molecule has 0 bridgehead atoms. The molecule has 0 saturated heterocycles. The Labute approximate surface area is 159 Å². The molecular formula is C19H23ClN2O3S. The number of nitrogens with one attached hydrogen (secondary N) is 2. The fourth-order valence-electron chi connectivity index (χ4n) is 2.31. The minimum atomic E-state index is -3.94. The predicted molar refractivity (Wildman–Crippen MR) is 105 cm³/mol. The van der Waals surface area contributed by atoms with Crippen LogP contribution in [0.2, 0.25) is 5.02 Å². The molecule has 0 spiro atoms. The third kappa shape index (κ3) is 4.77. The predicted octanol–water partition coefficient (Wildman–Crippen LogP) is 4.29. The molecule has 0 aromatic heterocycles. The van der Waals surface area contributed by atoms with Crippen LogP contribution in [0.1, 0.15) is 41.8 Å². The summed E-state index contributed by atoms with van der Waals surface area (Å²) >= 11 is 6.10. The van der Waals surface area contributed by atoms with Crippen molar-refractivity contribution in [3.8, 4) is 0 Å². The van der Waals surface area contributed by atoms with Crippen LogP contribution in [-0.2, 0) is 10.0 Å². The minimum Gasteiger partial charge on any atom is -0.350 e. The average Bonchev–Trinajstić information content (AvgIpc) is 2.57. The quantitative estimate of drug-likeness (QED) is 0.767. The van der Waals surface area contributed by atoms with Crippen molar-refractivity contribution in [1.29, 1.82) is 0 Å². The molecule has 2 aromatic rings. The summed E-state index contributed by atoms with van der Waals surface area (Å²) in [5.74, 6) is -0.334. The molecule has 0 aliphatic carbocycles. The summed E-state index contributed by atoms with van der Waals surface area (Å²) in [4.78, 5) is 12.2. The Balaban J connectivity index is 2.38. The molecule has 2 N–H and O–H groups in total. The molecule has 5 nitrogen and oxygen atoms in total. The molecule has 0 aliphatic rings. The van der Waals surface area contributed by atoms with E-state index in [0.29, 0.717) is 5.69 Å². The zero-order valence-electron chi connectivity index (χ0n) is 15.3. The molecular weight excluding hydrogens is 372 g/mol. The number of sulfonamides is 1. The highest BCUT2D eigenvalue weighted by molar-refractivity contribution is 7.92. The lowest BCUT2D eigenvalue weighted by molar-refractivity contribution is 0.0939. The van der Waals surface area contributed by atoms with E-state index in [1.165, 1.54) is 18.2 Å².